The summed E-state index contributed by atoms with van der Waals surface area (Å²) in [6, 6.07) is 0.356. The number of unbranched alkanes of at least 4 members (excludes halogenated alkanes) is 1. The average Bonchev–Trinajstić information content (AvgIpc) is 2.28. The van der Waals surface area contributed by atoms with Crippen LogP contribution in [0.25, 0.3) is 0 Å². The Kier molecular flexibility index (Phi) is 6.96. The molecule has 0 bridgehead atoms. The van der Waals surface area contributed by atoms with Gasteiger partial charge in [-0.25, -0.2) is 0 Å². The molecule has 1 rings (SSSR count). The molecule has 0 saturated carbocycles. The quantitative estimate of drug-likeness (QED) is 0.628. The van der Waals surface area contributed by atoms with Crippen molar-refractivity contribution in [3.05, 3.63) is 0 Å². The minimum Gasteiger partial charge on any atom is -0.389 e. The molecule has 0 aromatic rings. The normalized spacial score (nSPS) is 21.2. The van der Waals surface area contributed by atoms with E-state index < -0.39 is 0 Å². The fraction of sp³-hybridized carbons (Fsp3) is 1.00. The van der Waals surface area contributed by atoms with E-state index in [1.165, 1.54) is 0 Å². The molecule has 1 fully saturated rings. The number of likely N-dealkylation sites (tertiary alicyclic amines) is 1. The fourth-order valence-electron chi connectivity index (χ4n) is 1.95. The molecule has 1 aliphatic heterocycles. The lowest BCUT2D eigenvalue weighted by molar-refractivity contribution is 0.0119. The van der Waals surface area contributed by atoms with Crippen LogP contribution in [0.5, 0.6) is 0 Å². The highest BCUT2D eigenvalue weighted by atomic mass is 16.5. The van der Waals surface area contributed by atoms with Crippen LogP contribution in [0, 0.1) is 0 Å². The molecule has 1 saturated heterocycles. The van der Waals surface area contributed by atoms with Gasteiger partial charge in [-0.2, -0.15) is 0 Å². The highest BCUT2D eigenvalue weighted by Crippen LogP contribution is 2.08. The number of nitrogens with two attached hydrogens (primary N) is 1. The van der Waals surface area contributed by atoms with E-state index in [0.29, 0.717) is 12.6 Å². The summed E-state index contributed by atoms with van der Waals surface area (Å²) in [7, 11) is 0. The van der Waals surface area contributed by atoms with Crippen molar-refractivity contribution < 1.29 is 9.84 Å². The Hall–Kier alpha value is -0.160. The smallest absolute Gasteiger partial charge is 0.0900 e. The third-order valence-electron chi connectivity index (χ3n) is 3.05. The van der Waals surface area contributed by atoms with Crippen LogP contribution in [-0.2, 0) is 4.74 Å². The first-order valence-corrected chi connectivity index (χ1v) is 6.46. The van der Waals surface area contributed by atoms with Crippen molar-refractivity contribution in [2.45, 2.75) is 44.8 Å². The maximum absolute atomic E-state index is 9.77. The van der Waals surface area contributed by atoms with Crippen molar-refractivity contribution in [1.29, 1.82) is 0 Å². The summed E-state index contributed by atoms with van der Waals surface area (Å²) in [4.78, 5) is 2.28. The zero-order valence-corrected chi connectivity index (χ0v) is 10.4. The maximum Gasteiger partial charge on any atom is 0.0900 e. The van der Waals surface area contributed by atoms with Crippen LogP contribution in [0.2, 0.25) is 0 Å². The molecular formula is C12H26N2O2. The molecule has 0 spiro atoms. The maximum atomic E-state index is 9.77. The Labute approximate surface area is 98.8 Å². The van der Waals surface area contributed by atoms with E-state index in [0.717, 1.165) is 51.9 Å². The minimum absolute atomic E-state index is 0.355. The van der Waals surface area contributed by atoms with Crippen molar-refractivity contribution in [3.8, 4) is 0 Å². The lowest BCUT2D eigenvalue weighted by atomic mass is 10.1. The largest absolute Gasteiger partial charge is 0.389 e. The number of β-amino-alcohol motifs (C(OH)–C–C–N with tert-alkyl or cyclic N) is 1. The lowest BCUT2D eigenvalue weighted by Crippen LogP contribution is -2.43. The van der Waals surface area contributed by atoms with Crippen LogP contribution in [0.4, 0.5) is 0 Å². The summed E-state index contributed by atoms with van der Waals surface area (Å²) in [5.74, 6) is 0. The van der Waals surface area contributed by atoms with Crippen molar-refractivity contribution in [2.24, 2.45) is 5.73 Å². The van der Waals surface area contributed by atoms with Gasteiger partial charge < -0.3 is 20.5 Å². The van der Waals surface area contributed by atoms with E-state index in [-0.39, 0.29) is 6.10 Å². The standard InChI is InChI=1S/C12H26N2O2/c1-2-3-8-16-10-12(15)9-14-6-4-11(13)5-7-14/h11-12,15H,2-10,13H2,1H3. The minimum atomic E-state index is -0.355. The molecule has 1 atom stereocenters. The number of aliphatic hydroxyl groups is 1. The van der Waals surface area contributed by atoms with E-state index >= 15 is 0 Å². The van der Waals surface area contributed by atoms with Gasteiger partial charge in [-0.1, -0.05) is 13.3 Å². The Morgan fingerprint density at radius 3 is 2.75 bits per heavy atom. The zero-order valence-electron chi connectivity index (χ0n) is 10.4. The highest BCUT2D eigenvalue weighted by molar-refractivity contribution is 4.75. The van der Waals surface area contributed by atoms with Crippen LogP contribution in [0.3, 0.4) is 0 Å². The number of aliphatic hydroxyl groups excluding tert-OH is 1. The molecule has 4 nitrogen and oxygen atoms in total. The van der Waals surface area contributed by atoms with E-state index in [4.69, 9.17) is 10.5 Å². The summed E-state index contributed by atoms with van der Waals surface area (Å²) in [6.45, 7) is 6.09. The molecule has 0 aromatic heterocycles. The zero-order chi connectivity index (χ0) is 11.8. The molecule has 1 aliphatic rings. The Bertz CT molecular complexity index is 170. The van der Waals surface area contributed by atoms with Crippen LogP contribution in [-0.4, -0.2) is 55.0 Å². The molecule has 4 heteroatoms. The van der Waals surface area contributed by atoms with Crippen molar-refractivity contribution in [3.63, 3.8) is 0 Å². The van der Waals surface area contributed by atoms with Crippen LogP contribution >= 0.6 is 0 Å². The van der Waals surface area contributed by atoms with E-state index in [9.17, 15) is 5.11 Å². The monoisotopic (exact) mass is 230 g/mol. The number of ether oxygens (including phenoxy) is 1. The molecule has 96 valence electrons. The molecule has 0 aromatic carbocycles. The molecule has 1 unspecified atom stereocenters. The molecular weight excluding hydrogens is 204 g/mol. The second-order valence-electron chi connectivity index (χ2n) is 4.72. The molecule has 0 amide bonds. The molecule has 1 heterocycles. The lowest BCUT2D eigenvalue weighted by Gasteiger charge is -2.31. The Balaban J connectivity index is 2.02. The first-order chi connectivity index (χ1) is 7.72. The summed E-state index contributed by atoms with van der Waals surface area (Å²) < 4.78 is 5.40. The van der Waals surface area contributed by atoms with Gasteiger partial charge in [-0.3, -0.25) is 0 Å². The second-order valence-corrected chi connectivity index (χ2v) is 4.72. The van der Waals surface area contributed by atoms with Gasteiger partial charge in [0.05, 0.1) is 12.7 Å². The fourth-order valence-corrected chi connectivity index (χ4v) is 1.95. The van der Waals surface area contributed by atoms with E-state index in [1.54, 1.807) is 0 Å². The third-order valence-corrected chi connectivity index (χ3v) is 3.05. The van der Waals surface area contributed by atoms with E-state index in [1.807, 2.05) is 0 Å². The summed E-state index contributed by atoms with van der Waals surface area (Å²) in [5, 5.41) is 9.77. The predicted molar refractivity (Wildman–Crippen MR) is 65.4 cm³/mol. The third kappa shape index (κ3) is 5.80. The first kappa shape index (κ1) is 13.9. The summed E-state index contributed by atoms with van der Waals surface area (Å²) in [5.41, 5.74) is 5.83. The van der Waals surface area contributed by atoms with Crippen molar-refractivity contribution in [2.75, 3.05) is 32.8 Å². The Morgan fingerprint density at radius 2 is 2.12 bits per heavy atom. The molecule has 16 heavy (non-hydrogen) atoms. The summed E-state index contributed by atoms with van der Waals surface area (Å²) in [6.07, 6.45) is 3.95. The van der Waals surface area contributed by atoms with Gasteiger partial charge in [0.2, 0.25) is 0 Å². The van der Waals surface area contributed by atoms with Crippen LogP contribution in [0.1, 0.15) is 32.6 Å². The Morgan fingerprint density at radius 1 is 1.44 bits per heavy atom. The second kappa shape index (κ2) is 8.01. The number of hydrogen-bond donors (Lipinski definition) is 2. The molecule has 0 aliphatic carbocycles. The number of hydrogen-bond acceptors (Lipinski definition) is 4. The summed E-state index contributed by atoms with van der Waals surface area (Å²) >= 11 is 0. The molecule has 0 radical (unpaired) electrons. The van der Waals surface area contributed by atoms with Gasteiger partial charge >= 0.3 is 0 Å². The highest BCUT2D eigenvalue weighted by Gasteiger charge is 2.18. The van der Waals surface area contributed by atoms with Gasteiger partial charge in [0, 0.05) is 19.2 Å². The average molecular weight is 230 g/mol. The van der Waals surface area contributed by atoms with E-state index in [2.05, 4.69) is 11.8 Å². The predicted octanol–water partition coefficient (Wildman–Crippen LogP) is 0.587. The first-order valence-electron chi connectivity index (χ1n) is 6.46. The van der Waals surface area contributed by atoms with Gasteiger partial charge in [-0.05, 0) is 32.4 Å². The van der Waals surface area contributed by atoms with Crippen LogP contribution < -0.4 is 5.73 Å². The number of rotatable bonds is 7. The van der Waals surface area contributed by atoms with Gasteiger partial charge in [0.25, 0.3) is 0 Å². The van der Waals surface area contributed by atoms with Gasteiger partial charge in [-0.15, -0.1) is 0 Å². The SMILES string of the molecule is CCCCOCC(O)CN1CCC(N)CC1. The topological polar surface area (TPSA) is 58.7 Å². The van der Waals surface area contributed by atoms with Gasteiger partial charge in [0.15, 0.2) is 0 Å². The number of piperidine rings is 1. The van der Waals surface area contributed by atoms with Gasteiger partial charge in [0.1, 0.15) is 0 Å². The number of nitrogens with zero attached hydrogens (tertiary/aromatic N) is 1. The molecule has 3 N–H and O–H groups in total. The van der Waals surface area contributed by atoms with Crippen LogP contribution in [0.15, 0.2) is 0 Å². The van der Waals surface area contributed by atoms with Crippen molar-refractivity contribution in [1.82, 2.24) is 4.90 Å². The van der Waals surface area contributed by atoms with Crippen molar-refractivity contribution >= 4 is 0 Å².